The summed E-state index contributed by atoms with van der Waals surface area (Å²) in [5, 5.41) is 20.1. The van der Waals surface area contributed by atoms with Gasteiger partial charge in [0.05, 0.1) is 0 Å². The molecule has 3 rings (SSSR count). The average Bonchev–Trinajstić information content (AvgIpc) is 2.83. The number of nitrogens with one attached hydrogen (secondary N) is 3. The summed E-state index contributed by atoms with van der Waals surface area (Å²) in [5.41, 5.74) is 1.11. The maximum absolute atomic E-state index is 9.15. The Balaban J connectivity index is 1.92. The molecular weight excluding hydrogens is 302 g/mol. The second-order valence-corrected chi connectivity index (χ2v) is 6.42. The molecule has 0 aromatic carbocycles. The van der Waals surface area contributed by atoms with Gasteiger partial charge in [0.1, 0.15) is 17.3 Å². The van der Waals surface area contributed by atoms with Gasteiger partial charge < -0.3 is 16.0 Å². The number of rotatable bonds is 4. The third kappa shape index (κ3) is 3.89. The van der Waals surface area contributed by atoms with Gasteiger partial charge in [-0.15, -0.1) is 0 Å². The normalized spacial score (nSPS) is 18.2. The quantitative estimate of drug-likeness (QED) is 0.793. The van der Waals surface area contributed by atoms with Crippen LogP contribution in [-0.2, 0) is 0 Å². The van der Waals surface area contributed by atoms with Crippen molar-refractivity contribution in [3.63, 3.8) is 0 Å². The van der Waals surface area contributed by atoms with Crippen molar-refractivity contribution in [1.82, 2.24) is 20.3 Å². The molecule has 7 heteroatoms. The Kier molecular flexibility index (Phi) is 5.06. The molecule has 7 nitrogen and oxygen atoms in total. The van der Waals surface area contributed by atoms with E-state index in [0.717, 1.165) is 43.3 Å². The summed E-state index contributed by atoms with van der Waals surface area (Å²) in [7, 11) is 0. The lowest BCUT2D eigenvalue weighted by Crippen LogP contribution is -2.22. The van der Waals surface area contributed by atoms with Crippen LogP contribution in [-0.4, -0.2) is 40.1 Å². The van der Waals surface area contributed by atoms with Crippen LogP contribution in [0.1, 0.15) is 38.8 Å². The second kappa shape index (κ2) is 7.41. The molecule has 2 aromatic rings. The molecule has 0 aliphatic carbocycles. The molecule has 1 aliphatic rings. The first-order chi connectivity index (χ1) is 11.7. The Bertz CT molecular complexity index is 742. The Hall–Kier alpha value is -2.46. The number of hydrogen-bond acceptors (Lipinski definition) is 7. The fraction of sp³-hybridized carbons (Fsp3) is 0.529. The van der Waals surface area contributed by atoms with Crippen LogP contribution in [0.2, 0.25) is 0 Å². The lowest BCUT2D eigenvalue weighted by Gasteiger charge is -2.17. The highest BCUT2D eigenvalue weighted by molar-refractivity contribution is 5.89. The van der Waals surface area contributed by atoms with E-state index in [1.807, 2.05) is 13.8 Å². The van der Waals surface area contributed by atoms with Crippen LogP contribution in [0.25, 0.3) is 10.9 Å². The summed E-state index contributed by atoms with van der Waals surface area (Å²) in [4.78, 5) is 13.4. The molecule has 1 atom stereocenters. The van der Waals surface area contributed by atoms with Crippen molar-refractivity contribution in [2.75, 3.05) is 23.7 Å². The molecule has 2 aromatic heterocycles. The molecule has 0 bridgehead atoms. The number of aromatic nitrogens is 3. The topological polar surface area (TPSA) is 98.5 Å². The molecule has 0 radical (unpaired) electrons. The molecule has 3 heterocycles. The third-order valence-corrected chi connectivity index (χ3v) is 4.01. The Labute approximate surface area is 141 Å². The summed E-state index contributed by atoms with van der Waals surface area (Å²) < 4.78 is 0. The number of hydrogen-bond donors (Lipinski definition) is 3. The van der Waals surface area contributed by atoms with Gasteiger partial charge in [-0.1, -0.05) is 0 Å². The lowest BCUT2D eigenvalue weighted by molar-refractivity contribution is 0.632. The zero-order valence-electron chi connectivity index (χ0n) is 14.1. The van der Waals surface area contributed by atoms with Crippen LogP contribution >= 0.6 is 0 Å². The standard InChI is InChI=1S/C17H23N7/c1-11(2)21-16-15-12(8-14(9-18)22-16)10-20-17(24-15)23-13-4-3-6-19-7-5-13/h8,10-11,13,19H,3-7H2,1-2H3,(H,21,22)(H,20,23,24)/t13-/m1/s1. The molecule has 0 saturated carbocycles. The molecule has 1 fully saturated rings. The van der Waals surface area contributed by atoms with Crippen molar-refractivity contribution >= 4 is 22.7 Å². The zero-order valence-corrected chi connectivity index (χ0v) is 14.1. The first kappa shape index (κ1) is 16.4. The minimum Gasteiger partial charge on any atom is -0.366 e. The first-order valence-corrected chi connectivity index (χ1v) is 8.47. The van der Waals surface area contributed by atoms with Crippen LogP contribution in [0.4, 0.5) is 11.8 Å². The highest BCUT2D eigenvalue weighted by Crippen LogP contribution is 2.22. The van der Waals surface area contributed by atoms with Gasteiger partial charge in [0.2, 0.25) is 5.95 Å². The Morgan fingerprint density at radius 2 is 2.17 bits per heavy atom. The number of anilines is 2. The van der Waals surface area contributed by atoms with Gasteiger partial charge in [-0.3, -0.25) is 0 Å². The van der Waals surface area contributed by atoms with Crippen molar-refractivity contribution in [2.24, 2.45) is 0 Å². The molecule has 0 spiro atoms. The third-order valence-electron chi connectivity index (χ3n) is 4.01. The van der Waals surface area contributed by atoms with Crippen molar-refractivity contribution in [1.29, 1.82) is 5.26 Å². The smallest absolute Gasteiger partial charge is 0.223 e. The van der Waals surface area contributed by atoms with E-state index in [1.54, 1.807) is 12.3 Å². The van der Waals surface area contributed by atoms with Gasteiger partial charge in [-0.05, 0) is 52.3 Å². The monoisotopic (exact) mass is 325 g/mol. The van der Waals surface area contributed by atoms with Gasteiger partial charge in [0, 0.05) is 23.7 Å². The van der Waals surface area contributed by atoms with E-state index in [-0.39, 0.29) is 6.04 Å². The first-order valence-electron chi connectivity index (χ1n) is 8.47. The predicted molar refractivity (Wildman–Crippen MR) is 94.9 cm³/mol. The Morgan fingerprint density at radius 3 is 2.96 bits per heavy atom. The van der Waals surface area contributed by atoms with Crippen LogP contribution in [0.5, 0.6) is 0 Å². The number of pyridine rings is 1. The minimum absolute atomic E-state index is 0.203. The average molecular weight is 325 g/mol. The maximum atomic E-state index is 9.15. The van der Waals surface area contributed by atoms with Gasteiger partial charge in [0.25, 0.3) is 0 Å². The number of nitriles is 1. The van der Waals surface area contributed by atoms with E-state index in [1.165, 1.54) is 0 Å². The summed E-state index contributed by atoms with van der Waals surface area (Å²) in [5.74, 6) is 1.25. The van der Waals surface area contributed by atoms with Crippen molar-refractivity contribution in [2.45, 2.75) is 45.2 Å². The molecule has 1 aliphatic heterocycles. The Morgan fingerprint density at radius 1 is 1.29 bits per heavy atom. The van der Waals surface area contributed by atoms with Crippen molar-refractivity contribution < 1.29 is 0 Å². The van der Waals surface area contributed by atoms with Gasteiger partial charge in [-0.2, -0.15) is 5.26 Å². The van der Waals surface area contributed by atoms with Crippen LogP contribution in [0.3, 0.4) is 0 Å². The molecule has 126 valence electrons. The van der Waals surface area contributed by atoms with Crippen LogP contribution in [0.15, 0.2) is 12.3 Å². The van der Waals surface area contributed by atoms with E-state index in [2.05, 4.69) is 37.0 Å². The summed E-state index contributed by atoms with van der Waals surface area (Å²) in [6, 6.07) is 4.40. The molecule has 24 heavy (non-hydrogen) atoms. The SMILES string of the molecule is CC(C)Nc1nc(C#N)cc2cnc(N[C@@H]3CCCNCC3)nc12. The maximum Gasteiger partial charge on any atom is 0.223 e. The second-order valence-electron chi connectivity index (χ2n) is 6.42. The number of nitrogens with zero attached hydrogens (tertiary/aromatic N) is 4. The van der Waals surface area contributed by atoms with Crippen molar-refractivity contribution in [3.8, 4) is 6.07 Å². The van der Waals surface area contributed by atoms with Crippen LogP contribution < -0.4 is 16.0 Å². The van der Waals surface area contributed by atoms with E-state index < -0.39 is 0 Å². The molecule has 3 N–H and O–H groups in total. The molecule has 0 unspecified atom stereocenters. The zero-order chi connectivity index (χ0) is 16.9. The largest absolute Gasteiger partial charge is 0.366 e. The van der Waals surface area contributed by atoms with Gasteiger partial charge >= 0.3 is 0 Å². The summed E-state index contributed by atoms with van der Waals surface area (Å²) >= 11 is 0. The summed E-state index contributed by atoms with van der Waals surface area (Å²) in [6.45, 7) is 6.15. The van der Waals surface area contributed by atoms with E-state index in [9.17, 15) is 0 Å². The van der Waals surface area contributed by atoms with Crippen molar-refractivity contribution in [3.05, 3.63) is 18.0 Å². The fourth-order valence-corrected chi connectivity index (χ4v) is 2.89. The van der Waals surface area contributed by atoms with Gasteiger partial charge in [0.15, 0.2) is 5.82 Å². The van der Waals surface area contributed by atoms with E-state index in [0.29, 0.717) is 23.5 Å². The van der Waals surface area contributed by atoms with E-state index in [4.69, 9.17) is 5.26 Å². The van der Waals surface area contributed by atoms with E-state index >= 15 is 0 Å². The van der Waals surface area contributed by atoms with Crippen LogP contribution in [0, 0.1) is 11.3 Å². The number of fused-ring (bicyclic) bond motifs is 1. The minimum atomic E-state index is 0.203. The predicted octanol–water partition coefficient (Wildman–Crippen LogP) is 2.27. The summed E-state index contributed by atoms with van der Waals surface area (Å²) in [6.07, 6.45) is 5.08. The van der Waals surface area contributed by atoms with Gasteiger partial charge in [-0.25, -0.2) is 15.0 Å². The molecule has 0 amide bonds. The lowest BCUT2D eigenvalue weighted by atomic mass is 10.1. The molecular formula is C17H23N7. The fourth-order valence-electron chi connectivity index (χ4n) is 2.89. The highest BCUT2D eigenvalue weighted by Gasteiger charge is 2.15. The highest BCUT2D eigenvalue weighted by atomic mass is 15.1. The molecule has 1 saturated heterocycles.